The highest BCUT2D eigenvalue weighted by molar-refractivity contribution is 6.31. The van der Waals surface area contributed by atoms with Crippen molar-refractivity contribution in [1.82, 2.24) is 14.4 Å². The highest BCUT2D eigenvalue weighted by Gasteiger charge is 2.26. The summed E-state index contributed by atoms with van der Waals surface area (Å²) in [6, 6.07) is 17.4. The Kier molecular flexibility index (Phi) is 10.4. The number of nitrogens with one attached hydrogen (secondary N) is 1. The van der Waals surface area contributed by atoms with E-state index >= 15 is 0 Å². The minimum Gasteiger partial charge on any atom is -0.345 e. The molecule has 38 heavy (non-hydrogen) atoms. The Morgan fingerprint density at radius 3 is 2.29 bits per heavy atom. The molecule has 3 amide bonds. The number of halogens is 1. The molecule has 0 aliphatic heterocycles. The summed E-state index contributed by atoms with van der Waals surface area (Å²) in [4.78, 5) is 30.7. The average Bonchev–Trinajstić information content (AvgIpc) is 3.31. The number of aromatic nitrogens is 1. The van der Waals surface area contributed by atoms with Crippen molar-refractivity contribution in [2.24, 2.45) is 5.92 Å². The molecule has 1 N–H and O–H groups in total. The third-order valence-corrected chi connectivity index (χ3v) is 7.28. The Bertz CT molecular complexity index is 1220. The van der Waals surface area contributed by atoms with Gasteiger partial charge < -0.3 is 19.7 Å². The molecular formula is C31H41ClN4O2. The van der Waals surface area contributed by atoms with E-state index in [1.54, 1.807) is 4.90 Å². The van der Waals surface area contributed by atoms with E-state index in [1.807, 2.05) is 93.4 Å². The Hall–Kier alpha value is -3.25. The van der Waals surface area contributed by atoms with Gasteiger partial charge in [-0.3, -0.25) is 4.79 Å². The topological polar surface area (TPSA) is 57.6 Å². The van der Waals surface area contributed by atoms with E-state index in [4.69, 9.17) is 11.6 Å². The number of rotatable bonds is 11. The fourth-order valence-corrected chi connectivity index (χ4v) is 4.73. The summed E-state index contributed by atoms with van der Waals surface area (Å²) in [5, 5.41) is 3.79. The predicted octanol–water partition coefficient (Wildman–Crippen LogP) is 7.12. The first kappa shape index (κ1) is 29.3. The third kappa shape index (κ3) is 7.64. The van der Waals surface area contributed by atoms with Crippen LogP contribution in [-0.4, -0.2) is 45.4 Å². The van der Waals surface area contributed by atoms with E-state index in [1.165, 1.54) is 0 Å². The van der Waals surface area contributed by atoms with E-state index in [9.17, 15) is 9.59 Å². The van der Waals surface area contributed by atoms with Crippen molar-refractivity contribution in [2.45, 2.75) is 67.1 Å². The van der Waals surface area contributed by atoms with Crippen LogP contribution in [0.5, 0.6) is 0 Å². The molecule has 3 rings (SSSR count). The van der Waals surface area contributed by atoms with Crippen LogP contribution in [0.1, 0.15) is 56.5 Å². The Morgan fingerprint density at radius 2 is 1.66 bits per heavy atom. The molecule has 0 radical (unpaired) electrons. The number of benzene rings is 2. The lowest BCUT2D eigenvalue weighted by atomic mass is 10.1. The third-order valence-electron chi connectivity index (χ3n) is 6.92. The molecule has 0 aliphatic carbocycles. The van der Waals surface area contributed by atoms with Gasteiger partial charge in [0.25, 0.3) is 0 Å². The SMILES string of the molecule is CCC(C)N(CC(=O)N(Cc1cccn1Cc1ccccc1Cl)CC(C)C)C(=O)Nc1c(C)cccc1C. The second-order valence-electron chi connectivity index (χ2n) is 10.5. The van der Waals surface area contributed by atoms with Crippen molar-refractivity contribution in [3.05, 3.63) is 88.2 Å². The summed E-state index contributed by atoms with van der Waals surface area (Å²) in [7, 11) is 0. The first-order chi connectivity index (χ1) is 18.1. The molecular weight excluding hydrogens is 496 g/mol. The number of carbonyl (C=O) groups is 2. The zero-order valence-electron chi connectivity index (χ0n) is 23.5. The number of nitrogens with zero attached hydrogens (tertiary/aromatic N) is 3. The average molecular weight is 537 g/mol. The smallest absolute Gasteiger partial charge is 0.322 e. The molecule has 1 atom stereocenters. The van der Waals surface area contributed by atoms with Crippen LogP contribution in [0.4, 0.5) is 10.5 Å². The van der Waals surface area contributed by atoms with Crippen molar-refractivity contribution in [3.63, 3.8) is 0 Å². The summed E-state index contributed by atoms with van der Waals surface area (Å²) in [6.45, 7) is 13.9. The van der Waals surface area contributed by atoms with Gasteiger partial charge in [0, 0.05) is 41.7 Å². The van der Waals surface area contributed by atoms with Crippen LogP contribution in [0.25, 0.3) is 0 Å². The lowest BCUT2D eigenvalue weighted by Crippen LogP contribution is -2.48. The zero-order chi connectivity index (χ0) is 27.8. The van der Waals surface area contributed by atoms with Crippen molar-refractivity contribution >= 4 is 29.2 Å². The molecule has 1 heterocycles. The Balaban J connectivity index is 1.79. The maximum atomic E-state index is 13.7. The number of carbonyl (C=O) groups excluding carboxylic acids is 2. The van der Waals surface area contributed by atoms with Crippen molar-refractivity contribution in [3.8, 4) is 0 Å². The highest BCUT2D eigenvalue weighted by atomic mass is 35.5. The fourth-order valence-electron chi connectivity index (χ4n) is 4.53. The van der Waals surface area contributed by atoms with Crippen LogP contribution in [-0.2, 0) is 17.9 Å². The molecule has 0 spiro atoms. The summed E-state index contributed by atoms with van der Waals surface area (Å²) in [5.41, 5.74) is 4.84. The minimum absolute atomic E-state index is 0.0176. The van der Waals surface area contributed by atoms with Gasteiger partial charge in [-0.1, -0.05) is 68.8 Å². The molecule has 0 aliphatic rings. The van der Waals surface area contributed by atoms with Gasteiger partial charge in [0.05, 0.1) is 6.54 Å². The summed E-state index contributed by atoms with van der Waals surface area (Å²) < 4.78 is 2.13. The number of anilines is 1. The van der Waals surface area contributed by atoms with Crippen LogP contribution in [0.2, 0.25) is 5.02 Å². The molecule has 204 valence electrons. The molecule has 1 aromatic heterocycles. The van der Waals surface area contributed by atoms with Crippen molar-refractivity contribution < 1.29 is 9.59 Å². The molecule has 0 saturated heterocycles. The van der Waals surface area contributed by atoms with E-state index in [0.717, 1.165) is 39.5 Å². The van der Waals surface area contributed by atoms with Gasteiger partial charge in [0.1, 0.15) is 6.54 Å². The first-order valence-electron chi connectivity index (χ1n) is 13.4. The van der Waals surface area contributed by atoms with Crippen LogP contribution < -0.4 is 5.32 Å². The predicted molar refractivity (Wildman–Crippen MR) is 157 cm³/mol. The van der Waals surface area contributed by atoms with Gasteiger partial charge in [-0.25, -0.2) is 4.79 Å². The molecule has 3 aromatic rings. The van der Waals surface area contributed by atoms with E-state index in [-0.39, 0.29) is 30.4 Å². The lowest BCUT2D eigenvalue weighted by molar-refractivity contribution is -0.133. The monoisotopic (exact) mass is 536 g/mol. The van der Waals surface area contributed by atoms with Gasteiger partial charge in [-0.05, 0) is 68.0 Å². The Labute approximate surface area is 232 Å². The van der Waals surface area contributed by atoms with E-state index < -0.39 is 0 Å². The summed E-state index contributed by atoms with van der Waals surface area (Å²) in [6.07, 6.45) is 2.76. The number of para-hydroxylation sites is 1. The Morgan fingerprint density at radius 1 is 0.974 bits per heavy atom. The summed E-state index contributed by atoms with van der Waals surface area (Å²) >= 11 is 6.41. The number of aryl methyl sites for hydroxylation is 2. The van der Waals surface area contributed by atoms with Gasteiger partial charge in [0.15, 0.2) is 0 Å². The standard InChI is InChI=1S/C31H41ClN4O2/c1-7-25(6)36(31(38)33-30-23(4)12-10-13-24(30)5)21-29(37)35(18-22(2)3)20-27-15-11-17-34(27)19-26-14-8-9-16-28(26)32/h8-17,22,25H,7,18-21H2,1-6H3,(H,33,38). The molecule has 7 heteroatoms. The lowest BCUT2D eigenvalue weighted by Gasteiger charge is -2.32. The quantitative estimate of drug-likeness (QED) is 0.283. The molecule has 2 aromatic carbocycles. The molecule has 6 nitrogen and oxygen atoms in total. The molecule has 0 saturated carbocycles. The van der Waals surface area contributed by atoms with Crippen molar-refractivity contribution in [1.29, 1.82) is 0 Å². The highest BCUT2D eigenvalue weighted by Crippen LogP contribution is 2.22. The van der Waals surface area contributed by atoms with E-state index in [0.29, 0.717) is 19.6 Å². The fraction of sp³-hybridized carbons (Fsp3) is 0.419. The van der Waals surface area contributed by atoms with Gasteiger partial charge in [-0.15, -0.1) is 0 Å². The zero-order valence-corrected chi connectivity index (χ0v) is 24.3. The minimum atomic E-state index is -0.253. The summed E-state index contributed by atoms with van der Waals surface area (Å²) in [5.74, 6) is 0.215. The molecule has 1 unspecified atom stereocenters. The largest absolute Gasteiger partial charge is 0.345 e. The normalized spacial score (nSPS) is 11.9. The van der Waals surface area contributed by atoms with Gasteiger partial charge in [-0.2, -0.15) is 0 Å². The first-order valence-corrected chi connectivity index (χ1v) is 13.8. The number of hydrogen-bond acceptors (Lipinski definition) is 2. The van der Waals surface area contributed by atoms with Gasteiger partial charge in [0.2, 0.25) is 5.91 Å². The second kappa shape index (κ2) is 13.5. The number of hydrogen-bond donors (Lipinski definition) is 1. The maximum absolute atomic E-state index is 13.7. The van der Waals surface area contributed by atoms with Crippen molar-refractivity contribution in [2.75, 3.05) is 18.4 Å². The number of urea groups is 1. The molecule has 0 fully saturated rings. The van der Waals surface area contributed by atoms with Crippen LogP contribution >= 0.6 is 11.6 Å². The van der Waals surface area contributed by atoms with Crippen LogP contribution in [0, 0.1) is 19.8 Å². The number of amides is 3. The van der Waals surface area contributed by atoms with Gasteiger partial charge >= 0.3 is 6.03 Å². The molecule has 0 bridgehead atoms. The maximum Gasteiger partial charge on any atom is 0.322 e. The second-order valence-corrected chi connectivity index (χ2v) is 10.9. The van der Waals surface area contributed by atoms with Crippen LogP contribution in [0.3, 0.4) is 0 Å². The van der Waals surface area contributed by atoms with E-state index in [2.05, 4.69) is 23.7 Å². The van der Waals surface area contributed by atoms with Crippen LogP contribution in [0.15, 0.2) is 60.8 Å².